The van der Waals surface area contributed by atoms with Crippen molar-refractivity contribution in [3.05, 3.63) is 53.7 Å². The van der Waals surface area contributed by atoms with E-state index in [4.69, 9.17) is 0 Å². The molecule has 1 saturated heterocycles. The smallest absolute Gasteiger partial charge is 0.140 e. The van der Waals surface area contributed by atoms with Gasteiger partial charge in [-0.2, -0.15) is 0 Å². The van der Waals surface area contributed by atoms with Crippen molar-refractivity contribution in [2.75, 3.05) is 37.6 Å². The normalized spacial score (nSPS) is 16.1. The van der Waals surface area contributed by atoms with Crippen LogP contribution in [0.4, 0.5) is 5.82 Å². The number of rotatable bonds is 4. The molecular weight excluding hydrogens is 304 g/mol. The van der Waals surface area contributed by atoms with Gasteiger partial charge in [-0.15, -0.1) is 11.3 Å². The summed E-state index contributed by atoms with van der Waals surface area (Å²) in [5, 5.41) is 3.29. The largest absolute Gasteiger partial charge is 0.353 e. The summed E-state index contributed by atoms with van der Waals surface area (Å²) in [5.41, 5.74) is 1.42. The first-order valence-corrected chi connectivity index (χ1v) is 8.97. The van der Waals surface area contributed by atoms with Crippen LogP contribution in [0.3, 0.4) is 0 Å². The summed E-state index contributed by atoms with van der Waals surface area (Å²) >= 11 is 1.68. The first kappa shape index (κ1) is 14.6. The second-order valence-corrected chi connectivity index (χ2v) is 6.80. The summed E-state index contributed by atoms with van der Waals surface area (Å²) < 4.78 is 0. The van der Waals surface area contributed by atoms with Crippen LogP contribution in [-0.2, 0) is 6.42 Å². The van der Waals surface area contributed by atoms with Crippen LogP contribution in [0.15, 0.2) is 48.1 Å². The van der Waals surface area contributed by atoms with E-state index >= 15 is 0 Å². The fourth-order valence-corrected chi connectivity index (χ4v) is 3.87. The van der Waals surface area contributed by atoms with E-state index in [1.54, 1.807) is 17.7 Å². The molecule has 23 heavy (non-hydrogen) atoms. The van der Waals surface area contributed by atoms with E-state index in [1.165, 1.54) is 10.9 Å². The first-order chi connectivity index (χ1) is 11.4. The fraction of sp³-hybridized carbons (Fsp3) is 0.333. The quantitative estimate of drug-likeness (QED) is 0.738. The van der Waals surface area contributed by atoms with Gasteiger partial charge >= 0.3 is 0 Å². The minimum atomic E-state index is 1.04. The zero-order chi connectivity index (χ0) is 15.5. The van der Waals surface area contributed by atoms with E-state index in [9.17, 15) is 0 Å². The van der Waals surface area contributed by atoms with Gasteiger partial charge in [0, 0.05) is 32.7 Å². The van der Waals surface area contributed by atoms with Gasteiger partial charge in [0.05, 0.1) is 5.39 Å². The molecule has 0 aliphatic carbocycles. The molecule has 4 rings (SSSR count). The molecule has 3 aromatic rings. The lowest BCUT2D eigenvalue weighted by molar-refractivity contribution is 0.260. The van der Waals surface area contributed by atoms with Crippen LogP contribution in [0.1, 0.15) is 5.56 Å². The molecule has 4 nitrogen and oxygen atoms in total. The van der Waals surface area contributed by atoms with Crippen LogP contribution >= 0.6 is 11.3 Å². The molecule has 1 aromatic carbocycles. The third-order valence-corrected chi connectivity index (χ3v) is 5.29. The Hall–Kier alpha value is -1.98. The van der Waals surface area contributed by atoms with Gasteiger partial charge in [0.25, 0.3) is 0 Å². The Labute approximate surface area is 140 Å². The molecule has 0 radical (unpaired) electrons. The van der Waals surface area contributed by atoms with Crippen molar-refractivity contribution in [1.82, 2.24) is 14.9 Å². The molecule has 0 amide bonds. The van der Waals surface area contributed by atoms with Crippen LogP contribution in [0.5, 0.6) is 0 Å². The maximum atomic E-state index is 4.52. The maximum Gasteiger partial charge on any atom is 0.140 e. The SMILES string of the molecule is c1ccc(CCN2CCN(c3ncnc4sccc34)CC2)cc1. The van der Waals surface area contributed by atoms with E-state index in [0.29, 0.717) is 0 Å². The summed E-state index contributed by atoms with van der Waals surface area (Å²) in [6.07, 6.45) is 2.82. The van der Waals surface area contributed by atoms with Gasteiger partial charge in [-0.3, -0.25) is 4.90 Å². The van der Waals surface area contributed by atoms with E-state index in [2.05, 4.69) is 61.5 Å². The minimum absolute atomic E-state index is 1.04. The Balaban J connectivity index is 1.37. The van der Waals surface area contributed by atoms with Crippen molar-refractivity contribution in [3.8, 4) is 0 Å². The Morgan fingerprint density at radius 2 is 1.78 bits per heavy atom. The topological polar surface area (TPSA) is 32.3 Å². The van der Waals surface area contributed by atoms with Gasteiger partial charge in [-0.1, -0.05) is 30.3 Å². The van der Waals surface area contributed by atoms with Crippen LogP contribution in [-0.4, -0.2) is 47.6 Å². The van der Waals surface area contributed by atoms with Gasteiger partial charge in [0.2, 0.25) is 0 Å². The van der Waals surface area contributed by atoms with Crippen molar-refractivity contribution in [3.63, 3.8) is 0 Å². The second-order valence-electron chi connectivity index (χ2n) is 5.90. The predicted octanol–water partition coefficient (Wildman–Crippen LogP) is 3.06. The molecule has 0 saturated carbocycles. The van der Waals surface area contributed by atoms with E-state index in [-0.39, 0.29) is 0 Å². The highest BCUT2D eigenvalue weighted by Crippen LogP contribution is 2.27. The molecule has 0 N–H and O–H groups in total. The minimum Gasteiger partial charge on any atom is -0.353 e. The van der Waals surface area contributed by atoms with Crippen LogP contribution in [0.2, 0.25) is 0 Å². The highest BCUT2D eigenvalue weighted by atomic mass is 32.1. The maximum absolute atomic E-state index is 4.52. The Bertz CT molecular complexity index is 763. The summed E-state index contributed by atoms with van der Waals surface area (Å²) in [5.74, 6) is 1.10. The predicted molar refractivity (Wildman–Crippen MR) is 96.2 cm³/mol. The second kappa shape index (κ2) is 6.64. The Kier molecular flexibility index (Phi) is 4.22. The number of anilines is 1. The standard InChI is InChI=1S/C18H20N4S/c1-2-4-15(5-3-1)6-8-21-9-11-22(12-10-21)17-16-7-13-23-18(16)20-14-19-17/h1-5,7,13-14H,6,8-12H2. The summed E-state index contributed by atoms with van der Waals surface area (Å²) in [6, 6.07) is 12.9. The number of aromatic nitrogens is 2. The van der Waals surface area contributed by atoms with Gasteiger partial charge in [-0.05, 0) is 23.4 Å². The zero-order valence-corrected chi connectivity index (χ0v) is 13.9. The highest BCUT2D eigenvalue weighted by Gasteiger charge is 2.19. The molecule has 0 bridgehead atoms. The van der Waals surface area contributed by atoms with Gasteiger partial charge < -0.3 is 4.90 Å². The summed E-state index contributed by atoms with van der Waals surface area (Å²) in [6.45, 7) is 5.41. The number of fused-ring (bicyclic) bond motifs is 1. The number of piperazine rings is 1. The van der Waals surface area contributed by atoms with E-state index < -0.39 is 0 Å². The average molecular weight is 324 g/mol. The van der Waals surface area contributed by atoms with Crippen LogP contribution in [0.25, 0.3) is 10.2 Å². The van der Waals surface area contributed by atoms with Crippen LogP contribution in [0, 0.1) is 0 Å². The molecule has 1 aliphatic heterocycles. The molecule has 118 valence electrons. The molecule has 2 aromatic heterocycles. The number of benzene rings is 1. The average Bonchev–Trinajstić information content (AvgIpc) is 3.10. The first-order valence-electron chi connectivity index (χ1n) is 8.09. The van der Waals surface area contributed by atoms with Gasteiger partial charge in [-0.25, -0.2) is 9.97 Å². The third-order valence-electron chi connectivity index (χ3n) is 4.47. The lowest BCUT2D eigenvalue weighted by Crippen LogP contribution is -2.47. The van der Waals surface area contributed by atoms with Crippen LogP contribution < -0.4 is 4.90 Å². The number of hydrogen-bond donors (Lipinski definition) is 0. The molecule has 0 unspecified atom stereocenters. The lowest BCUT2D eigenvalue weighted by Gasteiger charge is -2.35. The molecule has 0 spiro atoms. The Morgan fingerprint density at radius 1 is 0.957 bits per heavy atom. The lowest BCUT2D eigenvalue weighted by atomic mass is 10.1. The summed E-state index contributed by atoms with van der Waals surface area (Å²) in [7, 11) is 0. The van der Waals surface area contributed by atoms with Gasteiger partial charge in [0.1, 0.15) is 17.0 Å². The number of hydrogen-bond acceptors (Lipinski definition) is 5. The Morgan fingerprint density at radius 3 is 2.61 bits per heavy atom. The zero-order valence-electron chi connectivity index (χ0n) is 13.1. The van der Waals surface area contributed by atoms with Crippen molar-refractivity contribution in [1.29, 1.82) is 0 Å². The molecule has 3 heterocycles. The van der Waals surface area contributed by atoms with Crippen molar-refractivity contribution >= 4 is 27.4 Å². The monoisotopic (exact) mass is 324 g/mol. The molecular formula is C18H20N4S. The number of thiophene rings is 1. The summed E-state index contributed by atoms with van der Waals surface area (Å²) in [4.78, 5) is 14.9. The fourth-order valence-electron chi connectivity index (χ4n) is 3.14. The van der Waals surface area contributed by atoms with E-state index in [1.807, 2.05) is 0 Å². The highest BCUT2D eigenvalue weighted by molar-refractivity contribution is 7.16. The van der Waals surface area contributed by atoms with Crippen molar-refractivity contribution in [2.24, 2.45) is 0 Å². The molecule has 0 atom stereocenters. The van der Waals surface area contributed by atoms with Gasteiger partial charge in [0.15, 0.2) is 0 Å². The third kappa shape index (κ3) is 3.21. The van der Waals surface area contributed by atoms with Crippen molar-refractivity contribution < 1.29 is 0 Å². The van der Waals surface area contributed by atoms with Crippen molar-refractivity contribution in [2.45, 2.75) is 6.42 Å². The molecule has 1 fully saturated rings. The van der Waals surface area contributed by atoms with E-state index in [0.717, 1.165) is 49.8 Å². The number of nitrogens with zero attached hydrogens (tertiary/aromatic N) is 4. The molecule has 1 aliphatic rings. The molecule has 5 heteroatoms.